The van der Waals surface area contributed by atoms with Crippen LogP contribution in [0.15, 0.2) is 0 Å². The predicted molar refractivity (Wildman–Crippen MR) is 62.1 cm³/mol. The van der Waals surface area contributed by atoms with Gasteiger partial charge in [0.2, 0.25) is 0 Å². The number of hydrogen-bond acceptors (Lipinski definition) is 5. The van der Waals surface area contributed by atoms with Crippen molar-refractivity contribution in [1.82, 2.24) is 9.97 Å². The van der Waals surface area contributed by atoms with E-state index in [0.29, 0.717) is 24.5 Å². The second kappa shape index (κ2) is 5.77. The van der Waals surface area contributed by atoms with Crippen LogP contribution in [0.5, 0.6) is 0 Å². The molecule has 0 spiro atoms. The first kappa shape index (κ1) is 12.9. The molecule has 0 saturated carbocycles. The van der Waals surface area contributed by atoms with E-state index in [-0.39, 0.29) is 16.8 Å². The number of nitrogens with zero attached hydrogens (tertiary/aromatic N) is 2. The van der Waals surface area contributed by atoms with Crippen molar-refractivity contribution in [3.63, 3.8) is 0 Å². The maximum Gasteiger partial charge on any atom is 0.156 e. The highest BCUT2D eigenvalue weighted by molar-refractivity contribution is 6.32. The van der Waals surface area contributed by atoms with Gasteiger partial charge in [-0.1, -0.05) is 11.6 Å². The van der Waals surface area contributed by atoms with E-state index in [4.69, 9.17) is 16.3 Å². The zero-order chi connectivity index (χ0) is 12.1. The molecular weight excluding hydrogens is 230 g/mol. The summed E-state index contributed by atoms with van der Waals surface area (Å²) in [6.45, 7) is 4.17. The van der Waals surface area contributed by atoms with Gasteiger partial charge in [-0.25, -0.2) is 9.97 Å². The molecule has 1 aromatic heterocycles. The highest BCUT2D eigenvalue weighted by Crippen LogP contribution is 2.18. The number of ether oxygens (including phenoxy) is 1. The van der Waals surface area contributed by atoms with Gasteiger partial charge in [-0.05, 0) is 13.8 Å². The van der Waals surface area contributed by atoms with E-state index in [1.807, 2.05) is 6.92 Å². The Hall–Kier alpha value is -1.20. The van der Waals surface area contributed by atoms with Gasteiger partial charge < -0.3 is 10.1 Å². The number of aryl methyl sites for hydroxylation is 1. The quantitative estimate of drug-likeness (QED) is 0.630. The van der Waals surface area contributed by atoms with Crippen molar-refractivity contribution in [3.05, 3.63) is 16.5 Å². The maximum atomic E-state index is 10.8. The molecule has 6 heteroatoms. The molecule has 0 fully saturated rings. The summed E-state index contributed by atoms with van der Waals surface area (Å²) < 4.78 is 5.08. The molecule has 0 saturated heterocycles. The Labute approximate surface area is 99.2 Å². The lowest BCUT2D eigenvalue weighted by Crippen LogP contribution is -2.20. The number of nitrogens with one attached hydrogen (secondary N) is 1. The van der Waals surface area contributed by atoms with Crippen LogP contribution in [-0.4, -0.2) is 36.0 Å². The van der Waals surface area contributed by atoms with E-state index < -0.39 is 0 Å². The Kier molecular flexibility index (Phi) is 4.64. The molecule has 1 atom stereocenters. The predicted octanol–water partition coefficient (Wildman–Crippen LogP) is 1.70. The molecule has 0 radical (unpaired) electrons. The minimum Gasteiger partial charge on any atom is -0.380 e. The molecule has 88 valence electrons. The Balaban J connectivity index is 2.89. The number of hydrogen-bond donors (Lipinski definition) is 1. The van der Waals surface area contributed by atoms with Crippen LogP contribution in [-0.2, 0) is 4.74 Å². The van der Waals surface area contributed by atoms with Gasteiger partial charge in [-0.2, -0.15) is 0 Å². The number of halogens is 1. The van der Waals surface area contributed by atoms with Crippen molar-refractivity contribution in [2.75, 3.05) is 19.0 Å². The van der Waals surface area contributed by atoms with Crippen LogP contribution in [0.4, 0.5) is 5.82 Å². The lowest BCUT2D eigenvalue weighted by Gasteiger charge is -2.13. The second-order valence-electron chi connectivity index (χ2n) is 3.37. The highest BCUT2D eigenvalue weighted by atomic mass is 35.5. The van der Waals surface area contributed by atoms with Gasteiger partial charge in [-0.15, -0.1) is 0 Å². The average Bonchev–Trinajstić information content (AvgIpc) is 2.25. The van der Waals surface area contributed by atoms with Crippen molar-refractivity contribution in [3.8, 4) is 0 Å². The van der Waals surface area contributed by atoms with Gasteiger partial charge in [0.1, 0.15) is 16.8 Å². The molecular formula is C10H14ClN3O2. The fraction of sp³-hybridized carbons (Fsp3) is 0.500. The molecule has 0 aliphatic rings. The molecule has 1 rings (SSSR count). The summed E-state index contributed by atoms with van der Waals surface area (Å²) in [7, 11) is 1.62. The van der Waals surface area contributed by atoms with E-state index in [1.54, 1.807) is 14.0 Å². The summed E-state index contributed by atoms with van der Waals surface area (Å²) in [5.74, 6) is 0.958. The van der Waals surface area contributed by atoms with Gasteiger partial charge in [-0.3, -0.25) is 4.79 Å². The summed E-state index contributed by atoms with van der Waals surface area (Å²) in [6.07, 6.45) is 0.662. The van der Waals surface area contributed by atoms with E-state index >= 15 is 0 Å². The molecule has 16 heavy (non-hydrogen) atoms. The fourth-order valence-corrected chi connectivity index (χ4v) is 1.37. The van der Waals surface area contributed by atoms with Crippen molar-refractivity contribution in [2.45, 2.75) is 20.0 Å². The monoisotopic (exact) mass is 243 g/mol. The van der Waals surface area contributed by atoms with E-state index in [0.717, 1.165) is 0 Å². The second-order valence-corrected chi connectivity index (χ2v) is 3.73. The average molecular weight is 244 g/mol. The fourth-order valence-electron chi connectivity index (χ4n) is 1.11. The lowest BCUT2D eigenvalue weighted by atomic mass is 10.3. The van der Waals surface area contributed by atoms with Gasteiger partial charge in [0.15, 0.2) is 6.29 Å². The third-order valence-electron chi connectivity index (χ3n) is 2.09. The Morgan fingerprint density at radius 1 is 1.56 bits per heavy atom. The van der Waals surface area contributed by atoms with Crippen LogP contribution in [0.25, 0.3) is 0 Å². The number of aldehydes is 1. The van der Waals surface area contributed by atoms with Crippen molar-refractivity contribution < 1.29 is 9.53 Å². The smallest absolute Gasteiger partial charge is 0.156 e. The van der Waals surface area contributed by atoms with Crippen LogP contribution in [0.1, 0.15) is 23.1 Å². The molecule has 1 aromatic rings. The van der Waals surface area contributed by atoms with Gasteiger partial charge in [0, 0.05) is 13.7 Å². The molecule has 0 aliphatic heterocycles. The maximum absolute atomic E-state index is 10.8. The number of carbonyl (C=O) groups is 1. The first-order chi connectivity index (χ1) is 7.58. The SMILES string of the molecule is COC(C)CNc1nc(C)nc(Cl)c1C=O. The van der Waals surface area contributed by atoms with E-state index in [2.05, 4.69) is 15.3 Å². The van der Waals surface area contributed by atoms with Crippen LogP contribution < -0.4 is 5.32 Å². The number of rotatable bonds is 5. The number of aromatic nitrogens is 2. The molecule has 5 nitrogen and oxygen atoms in total. The Bertz CT molecular complexity index is 385. The van der Waals surface area contributed by atoms with Crippen molar-refractivity contribution in [1.29, 1.82) is 0 Å². The topological polar surface area (TPSA) is 64.1 Å². The Morgan fingerprint density at radius 3 is 2.81 bits per heavy atom. The van der Waals surface area contributed by atoms with Crippen LogP contribution in [0.2, 0.25) is 5.15 Å². The number of carbonyl (C=O) groups excluding carboxylic acids is 1. The van der Waals surface area contributed by atoms with Gasteiger partial charge in [0.05, 0.1) is 11.7 Å². The third-order valence-corrected chi connectivity index (χ3v) is 2.38. The summed E-state index contributed by atoms with van der Waals surface area (Å²) >= 11 is 5.83. The molecule has 0 aliphatic carbocycles. The van der Waals surface area contributed by atoms with E-state index in [9.17, 15) is 4.79 Å². The largest absolute Gasteiger partial charge is 0.380 e. The molecule has 0 aromatic carbocycles. The summed E-state index contributed by atoms with van der Waals surface area (Å²) in [6, 6.07) is 0. The standard InChI is InChI=1S/C10H14ClN3O2/c1-6(16-3)4-12-10-8(5-15)9(11)13-7(2)14-10/h5-6H,4H2,1-3H3,(H,12,13,14). The minimum absolute atomic E-state index is 0.0218. The van der Waals surface area contributed by atoms with Crippen LogP contribution in [0.3, 0.4) is 0 Å². The van der Waals surface area contributed by atoms with Crippen molar-refractivity contribution >= 4 is 23.7 Å². The summed E-state index contributed by atoms with van der Waals surface area (Å²) in [4.78, 5) is 18.9. The normalized spacial score (nSPS) is 12.2. The van der Waals surface area contributed by atoms with Crippen LogP contribution in [0, 0.1) is 6.92 Å². The number of anilines is 1. The van der Waals surface area contributed by atoms with Gasteiger partial charge >= 0.3 is 0 Å². The zero-order valence-electron chi connectivity index (χ0n) is 9.45. The molecule has 1 unspecified atom stereocenters. The molecule has 1 heterocycles. The summed E-state index contributed by atoms with van der Waals surface area (Å²) in [5.41, 5.74) is 0.274. The van der Waals surface area contributed by atoms with Crippen molar-refractivity contribution in [2.24, 2.45) is 0 Å². The highest BCUT2D eigenvalue weighted by Gasteiger charge is 2.11. The first-order valence-corrected chi connectivity index (χ1v) is 5.22. The summed E-state index contributed by atoms with van der Waals surface area (Å²) in [5, 5.41) is 3.17. The molecule has 1 N–H and O–H groups in total. The molecule has 0 bridgehead atoms. The lowest BCUT2D eigenvalue weighted by molar-refractivity contribution is 0.112. The third kappa shape index (κ3) is 3.15. The Morgan fingerprint density at radius 2 is 2.25 bits per heavy atom. The number of methoxy groups -OCH3 is 1. The van der Waals surface area contributed by atoms with E-state index in [1.165, 1.54) is 0 Å². The first-order valence-electron chi connectivity index (χ1n) is 4.84. The van der Waals surface area contributed by atoms with Crippen LogP contribution >= 0.6 is 11.6 Å². The van der Waals surface area contributed by atoms with Gasteiger partial charge in [0.25, 0.3) is 0 Å². The molecule has 0 amide bonds. The zero-order valence-corrected chi connectivity index (χ0v) is 10.2. The minimum atomic E-state index is 0.0218.